The molecule has 5 aromatic rings. The van der Waals surface area contributed by atoms with E-state index in [9.17, 15) is 24.3 Å². The summed E-state index contributed by atoms with van der Waals surface area (Å²) < 4.78 is 15.8. The lowest BCUT2D eigenvalue weighted by molar-refractivity contribution is 0.432. The van der Waals surface area contributed by atoms with Gasteiger partial charge in [-0.1, -0.05) is 23.7 Å². The molecule has 3 heterocycles. The number of H-pyrrole nitrogens is 1. The van der Waals surface area contributed by atoms with Crippen LogP contribution in [-0.2, 0) is 0 Å². The number of hydrogen-bond acceptors (Lipinski definition) is 5. The van der Waals surface area contributed by atoms with E-state index in [1.807, 2.05) is 0 Å². The zero-order valence-corrected chi connectivity index (χ0v) is 17.7. The first-order chi connectivity index (χ1) is 15.8. The number of halogens is 2. The molecule has 0 radical (unpaired) electrons. The number of fused-ring (bicyclic) bond motifs is 3. The molecule has 2 aromatic carbocycles. The van der Waals surface area contributed by atoms with Crippen LogP contribution in [0.3, 0.4) is 0 Å². The number of nitrogens with one attached hydrogen (secondary N) is 1. The van der Waals surface area contributed by atoms with Crippen molar-refractivity contribution in [3.8, 4) is 17.6 Å². The van der Waals surface area contributed by atoms with E-state index in [-0.39, 0.29) is 32.7 Å². The first kappa shape index (κ1) is 20.5. The van der Waals surface area contributed by atoms with E-state index in [1.165, 1.54) is 22.6 Å². The fourth-order valence-electron chi connectivity index (χ4n) is 3.81. The number of aromatic amines is 1. The fraction of sp³-hybridized carbons (Fsp3) is 0.0435. The summed E-state index contributed by atoms with van der Waals surface area (Å²) in [7, 11) is 0. The van der Waals surface area contributed by atoms with Crippen molar-refractivity contribution in [3.63, 3.8) is 0 Å². The van der Waals surface area contributed by atoms with Crippen LogP contribution in [0.25, 0.3) is 28.4 Å². The average molecular weight is 462 g/mol. The minimum absolute atomic E-state index is 0.0536. The van der Waals surface area contributed by atoms with E-state index in [4.69, 9.17) is 11.6 Å². The van der Waals surface area contributed by atoms with Gasteiger partial charge in [-0.2, -0.15) is 5.26 Å². The molecule has 5 rings (SSSR count). The maximum atomic E-state index is 13.5. The van der Waals surface area contributed by atoms with Crippen LogP contribution in [0.2, 0.25) is 5.02 Å². The molecule has 0 unspecified atom stereocenters. The number of nitrogens with zero attached hydrogens (tertiary/aromatic N) is 4. The van der Waals surface area contributed by atoms with Crippen LogP contribution in [0.1, 0.15) is 16.7 Å². The molecule has 0 aliphatic rings. The van der Waals surface area contributed by atoms with Gasteiger partial charge in [0.05, 0.1) is 27.3 Å². The van der Waals surface area contributed by atoms with Crippen LogP contribution in [0.4, 0.5) is 4.39 Å². The quantitative estimate of drug-likeness (QED) is 0.419. The Kier molecular flexibility index (Phi) is 4.55. The summed E-state index contributed by atoms with van der Waals surface area (Å²) in [5.41, 5.74) is 0.594. The highest BCUT2D eigenvalue weighted by molar-refractivity contribution is 6.30. The molecule has 0 saturated heterocycles. The first-order valence-electron chi connectivity index (χ1n) is 9.67. The zero-order valence-electron chi connectivity index (χ0n) is 16.9. The summed E-state index contributed by atoms with van der Waals surface area (Å²) in [6, 6.07) is 12.7. The van der Waals surface area contributed by atoms with Gasteiger partial charge in [0.1, 0.15) is 17.4 Å². The molecule has 0 bridgehead atoms. The molecule has 0 saturated carbocycles. The van der Waals surface area contributed by atoms with Gasteiger partial charge in [0, 0.05) is 5.22 Å². The Morgan fingerprint density at radius 2 is 2.00 bits per heavy atom. The van der Waals surface area contributed by atoms with Gasteiger partial charge < -0.3 is 5.11 Å². The van der Waals surface area contributed by atoms with E-state index in [0.29, 0.717) is 16.6 Å². The third-order valence-corrected chi connectivity index (χ3v) is 5.76. The Labute approximate surface area is 189 Å². The molecule has 10 heteroatoms. The summed E-state index contributed by atoms with van der Waals surface area (Å²) in [5, 5.41) is 22.8. The Morgan fingerprint density at radius 3 is 2.73 bits per heavy atom. The molecular formula is C23H13ClFN5O3. The van der Waals surface area contributed by atoms with Crippen LogP contribution in [-0.4, -0.2) is 24.3 Å². The van der Waals surface area contributed by atoms with Crippen molar-refractivity contribution in [2.75, 3.05) is 0 Å². The highest BCUT2D eigenvalue weighted by Crippen LogP contribution is 2.23. The number of nitriles is 1. The molecular weight excluding hydrogens is 449 g/mol. The average Bonchev–Trinajstić information content (AvgIpc) is 3.31. The van der Waals surface area contributed by atoms with E-state index < -0.39 is 22.8 Å². The maximum Gasteiger partial charge on any atom is 0.275 e. The van der Waals surface area contributed by atoms with Gasteiger partial charge >= 0.3 is 0 Å². The lowest BCUT2D eigenvalue weighted by Gasteiger charge is -2.05. The van der Waals surface area contributed by atoms with Crippen LogP contribution < -0.4 is 16.3 Å². The van der Waals surface area contributed by atoms with Crippen molar-refractivity contribution in [1.29, 1.82) is 5.26 Å². The maximum absolute atomic E-state index is 13.5. The van der Waals surface area contributed by atoms with Gasteiger partial charge in [0.25, 0.3) is 11.1 Å². The van der Waals surface area contributed by atoms with Gasteiger partial charge in [0.15, 0.2) is 5.65 Å². The molecule has 0 spiro atoms. The van der Waals surface area contributed by atoms with Crippen molar-refractivity contribution >= 4 is 34.4 Å². The Bertz CT molecular complexity index is 1830. The molecule has 162 valence electrons. The van der Waals surface area contributed by atoms with Crippen molar-refractivity contribution in [1.82, 2.24) is 19.2 Å². The van der Waals surface area contributed by atoms with E-state index in [2.05, 4.69) is 16.2 Å². The molecule has 2 N–H and O–H groups in total. The predicted octanol–water partition coefficient (Wildman–Crippen LogP) is 2.55. The number of imidazole rings is 1. The molecule has 3 aromatic heterocycles. The summed E-state index contributed by atoms with van der Waals surface area (Å²) in [5.74, 6) is -1.16. The van der Waals surface area contributed by atoms with Crippen molar-refractivity contribution in [3.05, 3.63) is 95.9 Å². The number of para-hydroxylation sites is 2. The molecule has 0 atom stereocenters. The number of aromatic hydroxyl groups is 1. The van der Waals surface area contributed by atoms with Crippen molar-refractivity contribution in [2.45, 2.75) is 6.92 Å². The van der Waals surface area contributed by atoms with Gasteiger partial charge in [-0.25, -0.2) is 14.1 Å². The van der Waals surface area contributed by atoms with Crippen LogP contribution in [0, 0.1) is 24.1 Å². The standard InChI is InChI=1S/C23H13ClFN5O3/c1-11-13(22(32)29-19-5-3-2-4-18(19)27-20(29)15(11)10-26)9-14-21(31)28-30(23(14)33)12-6-7-17(25)16(24)8-12/h2-9,33H,1H3,(H,28,31)/b13-9+. The number of pyridine rings is 1. The highest BCUT2D eigenvalue weighted by atomic mass is 35.5. The van der Waals surface area contributed by atoms with Crippen LogP contribution in [0.15, 0.2) is 52.1 Å². The zero-order chi connectivity index (χ0) is 23.4. The highest BCUT2D eigenvalue weighted by Gasteiger charge is 2.19. The summed E-state index contributed by atoms with van der Waals surface area (Å²) in [6.07, 6.45) is 1.22. The second kappa shape index (κ2) is 7.32. The van der Waals surface area contributed by atoms with Gasteiger partial charge in [-0.3, -0.25) is 19.1 Å². The van der Waals surface area contributed by atoms with Crippen molar-refractivity contribution in [2.24, 2.45) is 0 Å². The van der Waals surface area contributed by atoms with E-state index >= 15 is 0 Å². The minimum Gasteiger partial charge on any atom is -0.493 e. The van der Waals surface area contributed by atoms with Crippen LogP contribution >= 0.6 is 11.6 Å². The molecule has 0 fully saturated rings. The fourth-order valence-corrected chi connectivity index (χ4v) is 3.98. The topological polar surface area (TPSA) is 116 Å². The van der Waals surface area contributed by atoms with E-state index in [0.717, 1.165) is 10.7 Å². The molecule has 0 amide bonds. The molecule has 0 aliphatic heterocycles. The Hall–Kier alpha value is -4.42. The first-order valence-corrected chi connectivity index (χ1v) is 10.0. The number of hydrogen-bond donors (Lipinski definition) is 2. The number of benzene rings is 2. The predicted molar refractivity (Wildman–Crippen MR) is 120 cm³/mol. The Morgan fingerprint density at radius 1 is 1.24 bits per heavy atom. The lowest BCUT2D eigenvalue weighted by Crippen LogP contribution is -2.34. The van der Waals surface area contributed by atoms with Crippen LogP contribution in [0.5, 0.6) is 5.88 Å². The van der Waals surface area contributed by atoms with E-state index in [1.54, 1.807) is 31.2 Å². The second-order valence-electron chi connectivity index (χ2n) is 7.35. The normalized spacial score (nSPS) is 12.0. The molecule has 0 aliphatic carbocycles. The van der Waals surface area contributed by atoms with Crippen molar-refractivity contribution < 1.29 is 9.50 Å². The molecule has 8 nitrogen and oxygen atoms in total. The monoisotopic (exact) mass is 461 g/mol. The third kappa shape index (κ3) is 3.00. The molecule has 33 heavy (non-hydrogen) atoms. The largest absolute Gasteiger partial charge is 0.493 e. The second-order valence-corrected chi connectivity index (χ2v) is 7.75. The third-order valence-electron chi connectivity index (χ3n) is 5.47. The SMILES string of the molecule is Cc1c(C#N)c2nc3ccccc3n2c(=O)/c1=C/c1c(O)n(-c2ccc(F)c(Cl)c2)[nH]c1=O. The summed E-state index contributed by atoms with van der Waals surface area (Å²) in [4.78, 5) is 30.4. The van der Waals surface area contributed by atoms with Gasteiger partial charge in [0.2, 0.25) is 5.88 Å². The minimum atomic E-state index is -0.694. The number of aromatic nitrogens is 4. The summed E-state index contributed by atoms with van der Waals surface area (Å²) >= 11 is 5.81. The van der Waals surface area contributed by atoms with Gasteiger partial charge in [-0.05, 0) is 48.9 Å². The number of rotatable bonds is 2. The summed E-state index contributed by atoms with van der Waals surface area (Å²) in [6.45, 7) is 1.58. The smallest absolute Gasteiger partial charge is 0.275 e. The van der Waals surface area contributed by atoms with Gasteiger partial charge in [-0.15, -0.1) is 0 Å². The lowest BCUT2D eigenvalue weighted by atomic mass is 10.1. The Balaban J connectivity index is 1.84.